The van der Waals surface area contributed by atoms with E-state index in [-0.39, 0.29) is 23.5 Å². The molecule has 1 aliphatic carbocycles. The van der Waals surface area contributed by atoms with Crippen LogP contribution in [-0.2, 0) is 16.0 Å². The molecule has 1 saturated heterocycles. The number of hydrogen-bond donors (Lipinski definition) is 1. The number of primary amides is 1. The van der Waals surface area contributed by atoms with Crippen molar-refractivity contribution in [2.45, 2.75) is 51.4 Å². The number of carbonyl (C=O) groups is 2. The number of nitrogens with two attached hydrogens (primary N) is 1. The Hall–Kier alpha value is -2.69. The van der Waals surface area contributed by atoms with Crippen LogP contribution in [0.4, 0.5) is 4.39 Å². The van der Waals surface area contributed by atoms with Crippen LogP contribution in [0.3, 0.4) is 0 Å². The molecule has 1 heterocycles. The van der Waals surface area contributed by atoms with Gasteiger partial charge in [0.1, 0.15) is 5.82 Å². The summed E-state index contributed by atoms with van der Waals surface area (Å²) in [4.78, 5) is 27.3. The zero-order chi connectivity index (χ0) is 21.8. The van der Waals surface area contributed by atoms with Gasteiger partial charge in [0.2, 0.25) is 11.8 Å². The van der Waals surface area contributed by atoms with Gasteiger partial charge in [-0.2, -0.15) is 0 Å². The van der Waals surface area contributed by atoms with Gasteiger partial charge in [0.05, 0.1) is 5.41 Å². The summed E-state index contributed by atoms with van der Waals surface area (Å²) in [7, 11) is 0. The third kappa shape index (κ3) is 4.65. The molecule has 0 radical (unpaired) electrons. The van der Waals surface area contributed by atoms with Crippen LogP contribution in [0.15, 0.2) is 48.5 Å². The lowest BCUT2D eigenvalue weighted by molar-refractivity contribution is -0.142. The maximum absolute atomic E-state index is 14.1. The molecule has 0 aromatic heterocycles. The molecule has 5 heteroatoms. The van der Waals surface area contributed by atoms with Crippen LogP contribution < -0.4 is 5.73 Å². The molecule has 1 aliphatic heterocycles. The Labute approximate surface area is 183 Å². The number of benzene rings is 2. The first kappa shape index (κ1) is 21.5. The minimum Gasteiger partial charge on any atom is -0.369 e. The number of rotatable bonds is 5. The summed E-state index contributed by atoms with van der Waals surface area (Å²) >= 11 is 0. The smallest absolute Gasteiger partial charge is 0.225 e. The molecule has 2 aliphatic rings. The summed E-state index contributed by atoms with van der Waals surface area (Å²) in [5.41, 5.74) is 7.60. The van der Waals surface area contributed by atoms with E-state index in [1.165, 1.54) is 12.5 Å². The fourth-order valence-corrected chi connectivity index (χ4v) is 5.16. The molecule has 1 saturated carbocycles. The van der Waals surface area contributed by atoms with Crippen molar-refractivity contribution in [2.75, 3.05) is 13.1 Å². The number of carbonyl (C=O) groups excluding carboxylic acids is 2. The molecule has 0 spiro atoms. The summed E-state index contributed by atoms with van der Waals surface area (Å²) < 4.78 is 14.1. The highest BCUT2D eigenvalue weighted by molar-refractivity contribution is 5.83. The normalized spacial score (nSPS) is 19.2. The molecular formula is C26H31FN2O2. The monoisotopic (exact) mass is 422 g/mol. The van der Waals surface area contributed by atoms with Crippen molar-refractivity contribution in [3.8, 4) is 11.1 Å². The van der Waals surface area contributed by atoms with Crippen molar-refractivity contribution < 1.29 is 14.0 Å². The van der Waals surface area contributed by atoms with Gasteiger partial charge >= 0.3 is 0 Å². The molecule has 2 amide bonds. The lowest BCUT2D eigenvalue weighted by Gasteiger charge is -2.41. The SMILES string of the molecule is NC(=O)C1(Cc2ccc(-c3ccccc3F)cc2)CCN(C(=O)C2CCCCC2)CC1. The molecule has 0 bridgehead atoms. The number of nitrogens with zero attached hydrogens (tertiary/aromatic N) is 1. The van der Waals surface area contributed by atoms with Crippen molar-refractivity contribution in [3.63, 3.8) is 0 Å². The highest BCUT2D eigenvalue weighted by atomic mass is 19.1. The van der Waals surface area contributed by atoms with Crippen LogP contribution in [0, 0.1) is 17.2 Å². The van der Waals surface area contributed by atoms with Gasteiger partial charge in [0.25, 0.3) is 0 Å². The lowest BCUT2D eigenvalue weighted by atomic mass is 9.72. The first-order valence-electron chi connectivity index (χ1n) is 11.4. The molecule has 164 valence electrons. The zero-order valence-electron chi connectivity index (χ0n) is 18.0. The van der Waals surface area contributed by atoms with Crippen LogP contribution in [0.2, 0.25) is 0 Å². The predicted molar refractivity (Wildman–Crippen MR) is 120 cm³/mol. The fourth-order valence-electron chi connectivity index (χ4n) is 5.16. The van der Waals surface area contributed by atoms with Gasteiger partial charge in [-0.3, -0.25) is 9.59 Å². The molecule has 31 heavy (non-hydrogen) atoms. The average Bonchev–Trinajstić information content (AvgIpc) is 2.80. The quantitative estimate of drug-likeness (QED) is 0.758. The molecule has 2 N–H and O–H groups in total. The van der Waals surface area contributed by atoms with Crippen molar-refractivity contribution in [3.05, 3.63) is 59.9 Å². The topological polar surface area (TPSA) is 63.4 Å². The summed E-state index contributed by atoms with van der Waals surface area (Å²) in [5.74, 6) is -0.137. The van der Waals surface area contributed by atoms with Crippen LogP contribution >= 0.6 is 0 Å². The predicted octanol–water partition coefficient (Wildman–Crippen LogP) is 4.71. The Bertz CT molecular complexity index is 927. The molecule has 2 fully saturated rings. The van der Waals surface area contributed by atoms with Crippen LogP contribution in [0.5, 0.6) is 0 Å². The van der Waals surface area contributed by atoms with Gasteiger partial charge in [-0.1, -0.05) is 61.7 Å². The molecule has 4 nitrogen and oxygen atoms in total. The van der Waals surface area contributed by atoms with E-state index in [4.69, 9.17) is 5.73 Å². The van der Waals surface area contributed by atoms with E-state index in [1.54, 1.807) is 12.1 Å². The van der Waals surface area contributed by atoms with Gasteiger partial charge in [0.15, 0.2) is 0 Å². The second kappa shape index (κ2) is 9.21. The van der Waals surface area contributed by atoms with Gasteiger partial charge < -0.3 is 10.6 Å². The van der Waals surface area contributed by atoms with Gasteiger partial charge in [-0.05, 0) is 49.3 Å². The van der Waals surface area contributed by atoms with Gasteiger partial charge in [-0.15, -0.1) is 0 Å². The van der Waals surface area contributed by atoms with Crippen LogP contribution in [0.25, 0.3) is 11.1 Å². The Balaban J connectivity index is 1.43. The zero-order valence-corrected chi connectivity index (χ0v) is 18.0. The summed E-state index contributed by atoms with van der Waals surface area (Å²) in [6, 6.07) is 14.4. The molecule has 4 rings (SSSR count). The van der Waals surface area contributed by atoms with E-state index >= 15 is 0 Å². The van der Waals surface area contributed by atoms with E-state index in [0.717, 1.165) is 36.8 Å². The summed E-state index contributed by atoms with van der Waals surface area (Å²) in [6.07, 6.45) is 7.22. The third-order valence-electron chi connectivity index (χ3n) is 7.19. The molecule has 0 unspecified atom stereocenters. The van der Waals surface area contributed by atoms with E-state index in [1.807, 2.05) is 35.2 Å². The molecule has 2 aromatic rings. The standard InChI is InChI=1S/C26H31FN2O2/c27-23-9-5-4-8-22(23)20-12-10-19(11-13-20)18-26(25(28)31)14-16-29(17-15-26)24(30)21-6-2-1-3-7-21/h4-5,8-13,21H,1-3,6-7,14-18H2,(H2,28,31). The lowest BCUT2D eigenvalue weighted by Crippen LogP contribution is -2.51. The highest BCUT2D eigenvalue weighted by Crippen LogP contribution is 2.37. The van der Waals surface area contributed by atoms with Crippen molar-refractivity contribution >= 4 is 11.8 Å². The Morgan fingerprint density at radius 3 is 2.23 bits per heavy atom. The number of amides is 2. The second-order valence-corrected chi connectivity index (χ2v) is 9.16. The largest absolute Gasteiger partial charge is 0.369 e. The molecule has 2 aromatic carbocycles. The first-order chi connectivity index (χ1) is 15.0. The number of hydrogen-bond acceptors (Lipinski definition) is 2. The van der Waals surface area contributed by atoms with E-state index in [2.05, 4.69) is 0 Å². The second-order valence-electron chi connectivity index (χ2n) is 9.16. The van der Waals surface area contributed by atoms with E-state index in [0.29, 0.717) is 37.9 Å². The van der Waals surface area contributed by atoms with Crippen molar-refractivity contribution in [1.29, 1.82) is 0 Å². The summed E-state index contributed by atoms with van der Waals surface area (Å²) in [6.45, 7) is 1.18. The number of likely N-dealkylation sites (tertiary alicyclic amines) is 1. The average molecular weight is 423 g/mol. The number of piperidine rings is 1. The highest BCUT2D eigenvalue weighted by Gasteiger charge is 2.41. The minimum absolute atomic E-state index is 0.153. The van der Waals surface area contributed by atoms with Gasteiger partial charge in [0, 0.05) is 24.6 Å². The fraction of sp³-hybridized carbons (Fsp3) is 0.462. The summed E-state index contributed by atoms with van der Waals surface area (Å²) in [5, 5.41) is 0. The van der Waals surface area contributed by atoms with Crippen LogP contribution in [0.1, 0.15) is 50.5 Å². The Morgan fingerprint density at radius 2 is 1.61 bits per heavy atom. The number of halogens is 1. The van der Waals surface area contributed by atoms with Crippen LogP contribution in [-0.4, -0.2) is 29.8 Å². The van der Waals surface area contributed by atoms with E-state index in [9.17, 15) is 14.0 Å². The molecular weight excluding hydrogens is 391 g/mol. The maximum Gasteiger partial charge on any atom is 0.225 e. The Kier molecular flexibility index (Phi) is 6.40. The Morgan fingerprint density at radius 1 is 0.968 bits per heavy atom. The van der Waals surface area contributed by atoms with Gasteiger partial charge in [-0.25, -0.2) is 4.39 Å². The minimum atomic E-state index is -0.636. The van der Waals surface area contributed by atoms with E-state index < -0.39 is 5.41 Å². The molecule has 0 atom stereocenters. The van der Waals surface area contributed by atoms with Crippen molar-refractivity contribution in [1.82, 2.24) is 4.90 Å². The third-order valence-corrected chi connectivity index (χ3v) is 7.19. The first-order valence-corrected chi connectivity index (χ1v) is 11.4. The van der Waals surface area contributed by atoms with Crippen molar-refractivity contribution in [2.24, 2.45) is 17.1 Å². The maximum atomic E-state index is 14.1.